The Morgan fingerprint density at radius 3 is 2.95 bits per heavy atom. The van der Waals surface area contributed by atoms with E-state index in [1.807, 2.05) is 0 Å². The van der Waals surface area contributed by atoms with Crippen molar-refractivity contribution < 1.29 is 9.84 Å². The molecule has 2 atom stereocenters. The standard InChI is InChI=1S/C16H25NO2/c1-11(2)6-14(18)9-17-10-15-8-13-7-12(3)4-5-16(13)19-15/h4-5,7,11,14-15,17-18H,6,8-10H2,1-3H3. The third-order valence-corrected chi connectivity index (χ3v) is 3.45. The minimum atomic E-state index is -0.258. The fourth-order valence-corrected chi connectivity index (χ4v) is 2.60. The largest absolute Gasteiger partial charge is 0.488 e. The Morgan fingerprint density at radius 2 is 2.21 bits per heavy atom. The minimum Gasteiger partial charge on any atom is -0.488 e. The van der Waals surface area contributed by atoms with Gasteiger partial charge in [-0.15, -0.1) is 0 Å². The average molecular weight is 263 g/mol. The van der Waals surface area contributed by atoms with Gasteiger partial charge in [-0.05, 0) is 30.9 Å². The zero-order chi connectivity index (χ0) is 13.8. The summed E-state index contributed by atoms with van der Waals surface area (Å²) in [7, 11) is 0. The maximum atomic E-state index is 9.80. The number of benzene rings is 1. The minimum absolute atomic E-state index is 0.197. The van der Waals surface area contributed by atoms with Crippen LogP contribution < -0.4 is 10.1 Å². The van der Waals surface area contributed by atoms with Crippen molar-refractivity contribution >= 4 is 0 Å². The lowest BCUT2D eigenvalue weighted by atomic mass is 10.1. The second-order valence-corrected chi connectivity index (χ2v) is 6.00. The Bertz CT molecular complexity index is 417. The molecule has 19 heavy (non-hydrogen) atoms. The van der Waals surface area contributed by atoms with Crippen molar-refractivity contribution in [3.8, 4) is 5.75 Å². The van der Waals surface area contributed by atoms with Gasteiger partial charge in [0.25, 0.3) is 0 Å². The SMILES string of the molecule is Cc1ccc2c(c1)CC(CNCC(O)CC(C)C)O2. The molecule has 1 aromatic rings. The molecule has 106 valence electrons. The van der Waals surface area contributed by atoms with Crippen LogP contribution in [0.5, 0.6) is 5.75 Å². The number of nitrogens with one attached hydrogen (secondary N) is 1. The van der Waals surface area contributed by atoms with Gasteiger partial charge in [-0.2, -0.15) is 0 Å². The predicted molar refractivity (Wildman–Crippen MR) is 77.6 cm³/mol. The number of hydrogen-bond donors (Lipinski definition) is 2. The summed E-state index contributed by atoms with van der Waals surface area (Å²) in [6.07, 6.45) is 1.75. The third kappa shape index (κ3) is 4.22. The van der Waals surface area contributed by atoms with Crippen molar-refractivity contribution in [2.75, 3.05) is 13.1 Å². The van der Waals surface area contributed by atoms with Crippen molar-refractivity contribution in [2.45, 2.75) is 45.8 Å². The fourth-order valence-electron chi connectivity index (χ4n) is 2.60. The van der Waals surface area contributed by atoms with E-state index in [4.69, 9.17) is 4.74 Å². The molecule has 0 aliphatic carbocycles. The second-order valence-electron chi connectivity index (χ2n) is 6.00. The van der Waals surface area contributed by atoms with Gasteiger partial charge in [0.1, 0.15) is 11.9 Å². The highest BCUT2D eigenvalue weighted by Crippen LogP contribution is 2.29. The van der Waals surface area contributed by atoms with Crippen molar-refractivity contribution in [3.05, 3.63) is 29.3 Å². The van der Waals surface area contributed by atoms with E-state index >= 15 is 0 Å². The molecule has 2 unspecified atom stereocenters. The number of aliphatic hydroxyl groups is 1. The van der Waals surface area contributed by atoms with Gasteiger partial charge in [-0.25, -0.2) is 0 Å². The quantitative estimate of drug-likeness (QED) is 0.827. The van der Waals surface area contributed by atoms with E-state index in [1.54, 1.807) is 0 Å². The zero-order valence-corrected chi connectivity index (χ0v) is 12.1. The topological polar surface area (TPSA) is 41.5 Å². The molecule has 1 aliphatic heterocycles. The molecular weight excluding hydrogens is 238 g/mol. The lowest BCUT2D eigenvalue weighted by molar-refractivity contribution is 0.140. The van der Waals surface area contributed by atoms with E-state index < -0.39 is 0 Å². The number of fused-ring (bicyclic) bond motifs is 1. The van der Waals surface area contributed by atoms with E-state index in [-0.39, 0.29) is 12.2 Å². The monoisotopic (exact) mass is 263 g/mol. The smallest absolute Gasteiger partial charge is 0.123 e. The van der Waals surface area contributed by atoms with Gasteiger partial charge in [0.15, 0.2) is 0 Å². The predicted octanol–water partition coefficient (Wildman–Crippen LogP) is 2.30. The molecule has 1 aromatic carbocycles. The molecule has 0 saturated carbocycles. The number of ether oxygens (including phenoxy) is 1. The van der Waals surface area contributed by atoms with Crippen LogP contribution in [0.15, 0.2) is 18.2 Å². The fraction of sp³-hybridized carbons (Fsp3) is 0.625. The molecule has 0 aromatic heterocycles. The molecular formula is C16H25NO2. The Morgan fingerprint density at radius 1 is 1.42 bits per heavy atom. The van der Waals surface area contributed by atoms with E-state index in [2.05, 4.69) is 44.3 Å². The zero-order valence-electron chi connectivity index (χ0n) is 12.1. The van der Waals surface area contributed by atoms with Crippen LogP contribution in [0.1, 0.15) is 31.4 Å². The molecule has 3 nitrogen and oxygen atoms in total. The number of hydrogen-bond acceptors (Lipinski definition) is 3. The van der Waals surface area contributed by atoms with Crippen LogP contribution in [-0.2, 0) is 6.42 Å². The van der Waals surface area contributed by atoms with Crippen LogP contribution in [0.2, 0.25) is 0 Å². The highest BCUT2D eigenvalue weighted by molar-refractivity contribution is 5.40. The third-order valence-electron chi connectivity index (χ3n) is 3.45. The summed E-state index contributed by atoms with van der Waals surface area (Å²) in [6.45, 7) is 7.80. The molecule has 0 radical (unpaired) electrons. The molecule has 2 N–H and O–H groups in total. The second kappa shape index (κ2) is 6.40. The molecule has 0 spiro atoms. The first-order valence-corrected chi connectivity index (χ1v) is 7.19. The highest BCUT2D eigenvalue weighted by atomic mass is 16.5. The first-order chi connectivity index (χ1) is 9.04. The van der Waals surface area contributed by atoms with Gasteiger partial charge in [-0.3, -0.25) is 0 Å². The Balaban J connectivity index is 1.72. The Labute approximate surface area is 116 Å². The van der Waals surface area contributed by atoms with Crippen molar-refractivity contribution in [1.82, 2.24) is 5.32 Å². The lowest BCUT2D eigenvalue weighted by Crippen LogP contribution is -2.35. The van der Waals surface area contributed by atoms with Crippen molar-refractivity contribution in [2.24, 2.45) is 5.92 Å². The lowest BCUT2D eigenvalue weighted by Gasteiger charge is -2.16. The molecule has 1 aliphatic rings. The average Bonchev–Trinajstić information content (AvgIpc) is 2.69. The van der Waals surface area contributed by atoms with E-state index in [1.165, 1.54) is 11.1 Å². The van der Waals surface area contributed by atoms with Crippen LogP contribution in [-0.4, -0.2) is 30.4 Å². The Kier molecular flexibility index (Phi) is 4.83. The summed E-state index contributed by atoms with van der Waals surface area (Å²) in [5.41, 5.74) is 2.58. The van der Waals surface area contributed by atoms with Crippen LogP contribution in [0.3, 0.4) is 0 Å². The molecule has 2 rings (SSSR count). The first kappa shape index (κ1) is 14.4. The first-order valence-electron chi connectivity index (χ1n) is 7.19. The maximum Gasteiger partial charge on any atom is 0.123 e. The van der Waals surface area contributed by atoms with Gasteiger partial charge in [-0.1, -0.05) is 31.5 Å². The summed E-state index contributed by atoms with van der Waals surface area (Å²) in [5, 5.41) is 13.1. The van der Waals surface area contributed by atoms with Crippen LogP contribution in [0.4, 0.5) is 0 Å². The van der Waals surface area contributed by atoms with Gasteiger partial charge in [0.2, 0.25) is 0 Å². The number of rotatable bonds is 6. The van der Waals surface area contributed by atoms with Crippen molar-refractivity contribution in [1.29, 1.82) is 0 Å². The van der Waals surface area contributed by atoms with E-state index in [9.17, 15) is 5.11 Å². The highest BCUT2D eigenvalue weighted by Gasteiger charge is 2.22. The van der Waals surface area contributed by atoms with E-state index in [0.29, 0.717) is 12.5 Å². The maximum absolute atomic E-state index is 9.80. The van der Waals surface area contributed by atoms with Gasteiger partial charge < -0.3 is 15.2 Å². The molecule has 1 heterocycles. The van der Waals surface area contributed by atoms with Gasteiger partial charge in [0.05, 0.1) is 6.10 Å². The van der Waals surface area contributed by atoms with Crippen LogP contribution in [0, 0.1) is 12.8 Å². The summed E-state index contributed by atoms with van der Waals surface area (Å²) in [5.74, 6) is 1.55. The van der Waals surface area contributed by atoms with Crippen molar-refractivity contribution in [3.63, 3.8) is 0 Å². The number of aryl methyl sites for hydroxylation is 1. The molecule has 3 heteroatoms. The van der Waals surface area contributed by atoms with Crippen LogP contribution in [0.25, 0.3) is 0 Å². The van der Waals surface area contributed by atoms with Crippen LogP contribution >= 0.6 is 0 Å². The van der Waals surface area contributed by atoms with Gasteiger partial charge in [0, 0.05) is 19.5 Å². The normalized spacial score (nSPS) is 19.3. The Hall–Kier alpha value is -1.06. The number of aliphatic hydroxyl groups excluding tert-OH is 1. The van der Waals surface area contributed by atoms with E-state index in [0.717, 1.165) is 25.1 Å². The molecule has 0 amide bonds. The van der Waals surface area contributed by atoms with Gasteiger partial charge >= 0.3 is 0 Å². The summed E-state index contributed by atoms with van der Waals surface area (Å²) in [6, 6.07) is 6.34. The summed E-state index contributed by atoms with van der Waals surface area (Å²) < 4.78 is 5.88. The molecule has 0 saturated heterocycles. The summed E-state index contributed by atoms with van der Waals surface area (Å²) >= 11 is 0. The molecule has 0 bridgehead atoms. The molecule has 0 fully saturated rings. The summed E-state index contributed by atoms with van der Waals surface area (Å²) in [4.78, 5) is 0.